The van der Waals surface area contributed by atoms with Crippen LogP contribution in [0.2, 0.25) is 0 Å². The molecule has 1 heterocycles. The van der Waals surface area contributed by atoms with Crippen molar-refractivity contribution in [3.05, 3.63) is 35.9 Å². The smallest absolute Gasteiger partial charge is 0.324 e. The molecule has 0 aromatic heterocycles. The van der Waals surface area contributed by atoms with Crippen LogP contribution in [-0.4, -0.2) is 19.1 Å². The fraction of sp³-hybridized carbons (Fsp3) is 0.300. The summed E-state index contributed by atoms with van der Waals surface area (Å²) in [5.41, 5.74) is 1.14. The second-order valence-electron chi connectivity index (χ2n) is 3.06. The van der Waals surface area contributed by atoms with Crippen molar-refractivity contribution in [1.82, 2.24) is 5.32 Å². The van der Waals surface area contributed by atoms with E-state index >= 15 is 0 Å². The Balaban J connectivity index is 2.04. The third-order valence-corrected chi connectivity index (χ3v) is 2.20. The van der Waals surface area contributed by atoms with E-state index in [4.69, 9.17) is 0 Å². The predicted octanol–water partition coefficient (Wildman–Crippen LogP) is 0.872. The summed E-state index contributed by atoms with van der Waals surface area (Å²) in [6.07, 6.45) is 0. The van der Waals surface area contributed by atoms with Gasteiger partial charge in [0.15, 0.2) is 0 Å². The van der Waals surface area contributed by atoms with E-state index in [-0.39, 0.29) is 18.1 Å². The van der Waals surface area contributed by atoms with Gasteiger partial charge in [-0.25, -0.2) is 0 Å². The van der Waals surface area contributed by atoms with Gasteiger partial charge >= 0.3 is 5.97 Å². The number of hydrogen-bond acceptors (Lipinski definition) is 3. The van der Waals surface area contributed by atoms with E-state index < -0.39 is 0 Å². The zero-order chi connectivity index (χ0) is 9.26. The predicted molar refractivity (Wildman–Crippen MR) is 48.1 cm³/mol. The van der Waals surface area contributed by atoms with Crippen molar-refractivity contribution in [2.45, 2.75) is 12.1 Å². The lowest BCUT2D eigenvalue weighted by Crippen LogP contribution is -2.11. The van der Waals surface area contributed by atoms with Gasteiger partial charge in [-0.2, -0.15) is 0 Å². The summed E-state index contributed by atoms with van der Waals surface area (Å²) in [6, 6.07) is 9.88. The molecule has 0 amide bonds. The number of ether oxygens (including phenoxy) is 1. The molecule has 1 N–H and O–H groups in total. The highest BCUT2D eigenvalue weighted by Gasteiger charge is 2.44. The van der Waals surface area contributed by atoms with Crippen LogP contribution in [0.5, 0.6) is 0 Å². The largest absolute Gasteiger partial charge is 0.468 e. The van der Waals surface area contributed by atoms with Crippen molar-refractivity contribution in [2.24, 2.45) is 0 Å². The van der Waals surface area contributed by atoms with Crippen molar-refractivity contribution >= 4 is 5.97 Å². The highest BCUT2D eigenvalue weighted by atomic mass is 16.5. The molecule has 13 heavy (non-hydrogen) atoms. The number of benzene rings is 1. The summed E-state index contributed by atoms with van der Waals surface area (Å²) in [4.78, 5) is 11.1. The summed E-state index contributed by atoms with van der Waals surface area (Å²) < 4.78 is 4.62. The molecule has 0 unspecified atom stereocenters. The Labute approximate surface area is 76.7 Å². The average molecular weight is 177 g/mol. The van der Waals surface area contributed by atoms with E-state index in [1.807, 2.05) is 30.3 Å². The molecule has 1 aliphatic heterocycles. The van der Waals surface area contributed by atoms with E-state index in [1.165, 1.54) is 7.11 Å². The number of rotatable bonds is 2. The Morgan fingerprint density at radius 1 is 1.38 bits per heavy atom. The minimum Gasteiger partial charge on any atom is -0.468 e. The quantitative estimate of drug-likeness (QED) is 0.538. The molecule has 0 radical (unpaired) electrons. The van der Waals surface area contributed by atoms with E-state index in [2.05, 4.69) is 10.1 Å². The Morgan fingerprint density at radius 3 is 2.69 bits per heavy atom. The van der Waals surface area contributed by atoms with Gasteiger partial charge in [0, 0.05) is 0 Å². The van der Waals surface area contributed by atoms with Crippen molar-refractivity contribution < 1.29 is 9.53 Å². The highest BCUT2D eigenvalue weighted by molar-refractivity contribution is 5.80. The number of carbonyl (C=O) groups is 1. The monoisotopic (exact) mass is 177 g/mol. The minimum atomic E-state index is -0.186. The first kappa shape index (κ1) is 8.26. The Morgan fingerprint density at radius 2 is 2.08 bits per heavy atom. The molecule has 0 saturated carbocycles. The van der Waals surface area contributed by atoms with E-state index in [9.17, 15) is 4.79 Å². The lowest BCUT2D eigenvalue weighted by molar-refractivity contribution is -0.140. The fourth-order valence-electron chi connectivity index (χ4n) is 1.42. The second-order valence-corrected chi connectivity index (χ2v) is 3.06. The lowest BCUT2D eigenvalue weighted by atomic mass is 10.1. The molecule has 1 saturated heterocycles. The normalized spacial score (nSPS) is 25.3. The molecule has 1 aromatic carbocycles. The van der Waals surface area contributed by atoms with Crippen LogP contribution in [0.15, 0.2) is 30.3 Å². The molecule has 3 heteroatoms. The van der Waals surface area contributed by atoms with E-state index in [0.29, 0.717) is 0 Å². The first-order valence-electron chi connectivity index (χ1n) is 4.22. The van der Waals surface area contributed by atoms with Gasteiger partial charge in [-0.05, 0) is 5.56 Å². The molecule has 68 valence electrons. The van der Waals surface area contributed by atoms with Crippen LogP contribution in [0, 0.1) is 0 Å². The lowest BCUT2D eigenvalue weighted by Gasteiger charge is -1.96. The van der Waals surface area contributed by atoms with Crippen molar-refractivity contribution in [2.75, 3.05) is 7.11 Å². The summed E-state index contributed by atoms with van der Waals surface area (Å²) in [7, 11) is 1.41. The Kier molecular flexibility index (Phi) is 2.02. The molecule has 2 rings (SSSR count). The molecule has 0 spiro atoms. The molecule has 0 aliphatic carbocycles. The second kappa shape index (κ2) is 3.18. The first-order valence-corrected chi connectivity index (χ1v) is 4.22. The molecule has 0 bridgehead atoms. The summed E-state index contributed by atoms with van der Waals surface area (Å²) in [5.74, 6) is -0.186. The molecular formula is C10H11NO2. The SMILES string of the molecule is COC(=O)[C@@H]1N[C@H]1c1ccccc1. The topological polar surface area (TPSA) is 48.2 Å². The number of methoxy groups -OCH3 is 1. The molecular weight excluding hydrogens is 166 g/mol. The van der Waals surface area contributed by atoms with Gasteiger partial charge < -0.3 is 4.74 Å². The molecule has 3 nitrogen and oxygen atoms in total. The van der Waals surface area contributed by atoms with Gasteiger partial charge in [-0.1, -0.05) is 30.3 Å². The number of hydrogen-bond donors (Lipinski definition) is 1. The van der Waals surface area contributed by atoms with Crippen LogP contribution in [0.25, 0.3) is 0 Å². The van der Waals surface area contributed by atoms with Crippen molar-refractivity contribution in [3.63, 3.8) is 0 Å². The maximum absolute atomic E-state index is 11.1. The third kappa shape index (κ3) is 1.55. The summed E-state index contributed by atoms with van der Waals surface area (Å²) >= 11 is 0. The van der Waals surface area contributed by atoms with Crippen LogP contribution >= 0.6 is 0 Å². The van der Waals surface area contributed by atoms with Gasteiger partial charge in [0.1, 0.15) is 6.04 Å². The van der Waals surface area contributed by atoms with Gasteiger partial charge in [0.25, 0.3) is 0 Å². The maximum atomic E-state index is 11.1. The van der Waals surface area contributed by atoms with Gasteiger partial charge in [-0.3, -0.25) is 10.1 Å². The fourth-order valence-corrected chi connectivity index (χ4v) is 1.42. The van der Waals surface area contributed by atoms with Crippen LogP contribution in [0.1, 0.15) is 11.6 Å². The third-order valence-electron chi connectivity index (χ3n) is 2.20. The Bertz CT molecular complexity index is 310. The molecule has 2 atom stereocenters. The van der Waals surface area contributed by atoms with Gasteiger partial charge in [0.2, 0.25) is 0 Å². The number of carbonyl (C=O) groups excluding carboxylic acids is 1. The average Bonchev–Trinajstić information content (AvgIpc) is 2.98. The van der Waals surface area contributed by atoms with Crippen molar-refractivity contribution in [3.8, 4) is 0 Å². The number of nitrogens with one attached hydrogen (secondary N) is 1. The van der Waals surface area contributed by atoms with Crippen LogP contribution in [-0.2, 0) is 9.53 Å². The van der Waals surface area contributed by atoms with Gasteiger partial charge in [0.05, 0.1) is 13.2 Å². The summed E-state index contributed by atoms with van der Waals surface area (Å²) in [5, 5.41) is 3.06. The number of esters is 1. The van der Waals surface area contributed by atoms with E-state index in [0.717, 1.165) is 5.56 Å². The van der Waals surface area contributed by atoms with Crippen molar-refractivity contribution in [1.29, 1.82) is 0 Å². The zero-order valence-corrected chi connectivity index (χ0v) is 7.36. The van der Waals surface area contributed by atoms with E-state index in [1.54, 1.807) is 0 Å². The highest BCUT2D eigenvalue weighted by Crippen LogP contribution is 2.29. The van der Waals surface area contributed by atoms with Crippen LogP contribution < -0.4 is 5.32 Å². The molecule has 1 aromatic rings. The molecule has 1 aliphatic rings. The standard InChI is InChI=1S/C10H11NO2/c1-13-10(12)9-8(11-9)7-5-3-2-4-6-7/h2-6,8-9,11H,1H3/t8-,9+/m0/s1. The Hall–Kier alpha value is -1.35. The van der Waals surface area contributed by atoms with Gasteiger partial charge in [-0.15, -0.1) is 0 Å². The maximum Gasteiger partial charge on any atom is 0.324 e. The minimum absolute atomic E-state index is 0.146. The first-order chi connectivity index (χ1) is 6.33. The zero-order valence-electron chi connectivity index (χ0n) is 7.36. The van der Waals surface area contributed by atoms with Crippen LogP contribution in [0.3, 0.4) is 0 Å². The summed E-state index contributed by atoms with van der Waals surface area (Å²) in [6.45, 7) is 0. The van der Waals surface area contributed by atoms with Crippen LogP contribution in [0.4, 0.5) is 0 Å². The molecule has 1 fully saturated rings.